The molecule has 0 saturated heterocycles. The molecule has 0 bridgehead atoms. The number of methoxy groups -OCH3 is 1. The van der Waals surface area contributed by atoms with Gasteiger partial charge in [0.2, 0.25) is 0 Å². The number of ether oxygens (including phenoxy) is 1. The topological polar surface area (TPSA) is 41.5 Å². The van der Waals surface area contributed by atoms with Gasteiger partial charge in [0.05, 0.1) is 11.1 Å². The van der Waals surface area contributed by atoms with Crippen molar-refractivity contribution in [2.24, 2.45) is 5.92 Å². The first-order valence-corrected chi connectivity index (χ1v) is 4.28. The first kappa shape index (κ1) is 11.9. The standard InChI is InChI=1S/C9H21NO2/c1-7(2)9(5,12-6)8(3,4)10-11/h7,10-11H,1-6H3. The molecule has 1 unspecified atom stereocenters. The van der Waals surface area contributed by atoms with Gasteiger partial charge in [-0.1, -0.05) is 13.8 Å². The summed E-state index contributed by atoms with van der Waals surface area (Å²) in [6.07, 6.45) is 0. The number of nitrogens with one attached hydrogen (secondary N) is 1. The van der Waals surface area contributed by atoms with Crippen molar-refractivity contribution in [3.63, 3.8) is 0 Å². The highest BCUT2D eigenvalue weighted by Crippen LogP contribution is 2.32. The van der Waals surface area contributed by atoms with E-state index in [2.05, 4.69) is 19.3 Å². The van der Waals surface area contributed by atoms with Crippen molar-refractivity contribution in [3.8, 4) is 0 Å². The minimum absolute atomic E-state index is 0.331. The molecule has 12 heavy (non-hydrogen) atoms. The molecule has 0 rings (SSSR count). The van der Waals surface area contributed by atoms with Gasteiger partial charge in [0.1, 0.15) is 0 Å². The maximum atomic E-state index is 8.98. The fourth-order valence-corrected chi connectivity index (χ4v) is 1.32. The van der Waals surface area contributed by atoms with Gasteiger partial charge >= 0.3 is 0 Å². The van der Waals surface area contributed by atoms with Crippen molar-refractivity contribution < 1.29 is 9.94 Å². The van der Waals surface area contributed by atoms with Gasteiger partial charge in [0, 0.05) is 7.11 Å². The van der Waals surface area contributed by atoms with Crippen molar-refractivity contribution in [2.75, 3.05) is 7.11 Å². The number of rotatable bonds is 4. The Labute approximate surface area is 75.1 Å². The Morgan fingerprint density at radius 1 is 1.25 bits per heavy atom. The zero-order valence-electron chi connectivity index (χ0n) is 8.93. The lowest BCUT2D eigenvalue weighted by atomic mass is 9.76. The zero-order chi connectivity index (χ0) is 9.99. The Balaban J connectivity index is 4.74. The van der Waals surface area contributed by atoms with Crippen LogP contribution in [0.1, 0.15) is 34.6 Å². The number of hydrogen-bond acceptors (Lipinski definition) is 3. The van der Waals surface area contributed by atoms with E-state index in [9.17, 15) is 0 Å². The van der Waals surface area contributed by atoms with Gasteiger partial charge in [0.25, 0.3) is 0 Å². The first-order chi connectivity index (χ1) is 5.31. The van der Waals surface area contributed by atoms with Gasteiger partial charge in [-0.15, -0.1) is 0 Å². The highest BCUT2D eigenvalue weighted by Gasteiger charge is 2.43. The number of hydroxylamine groups is 1. The van der Waals surface area contributed by atoms with Crippen LogP contribution in [0.25, 0.3) is 0 Å². The molecule has 0 heterocycles. The molecule has 74 valence electrons. The largest absolute Gasteiger partial charge is 0.376 e. The van der Waals surface area contributed by atoms with Crippen LogP contribution in [0.4, 0.5) is 0 Å². The SMILES string of the molecule is COC(C)(C(C)C)C(C)(C)NO. The molecule has 0 aliphatic carbocycles. The third-order valence-electron chi connectivity index (χ3n) is 3.05. The molecule has 0 aliphatic heterocycles. The van der Waals surface area contributed by atoms with E-state index in [1.807, 2.05) is 20.8 Å². The summed E-state index contributed by atoms with van der Waals surface area (Å²) in [6.45, 7) is 9.96. The lowest BCUT2D eigenvalue weighted by Crippen LogP contribution is -2.60. The van der Waals surface area contributed by atoms with Crippen molar-refractivity contribution in [1.29, 1.82) is 0 Å². The Bertz CT molecular complexity index is 145. The van der Waals surface area contributed by atoms with E-state index in [1.54, 1.807) is 7.11 Å². The highest BCUT2D eigenvalue weighted by molar-refractivity contribution is 4.98. The van der Waals surface area contributed by atoms with E-state index in [4.69, 9.17) is 9.94 Å². The molecule has 0 aromatic rings. The summed E-state index contributed by atoms with van der Waals surface area (Å²) in [5.41, 5.74) is 1.47. The minimum Gasteiger partial charge on any atom is -0.376 e. The van der Waals surface area contributed by atoms with E-state index in [0.717, 1.165) is 0 Å². The second-order valence-electron chi connectivity index (χ2n) is 4.20. The van der Waals surface area contributed by atoms with Gasteiger partial charge in [-0.3, -0.25) is 0 Å². The molecule has 0 saturated carbocycles. The summed E-state index contributed by atoms with van der Waals surface area (Å²) < 4.78 is 5.43. The Kier molecular flexibility index (Phi) is 3.69. The van der Waals surface area contributed by atoms with Crippen LogP contribution in [0, 0.1) is 5.92 Å². The summed E-state index contributed by atoms with van der Waals surface area (Å²) >= 11 is 0. The van der Waals surface area contributed by atoms with E-state index in [0.29, 0.717) is 5.92 Å². The second-order valence-corrected chi connectivity index (χ2v) is 4.20. The average Bonchev–Trinajstić information content (AvgIpc) is 2.02. The predicted octanol–water partition coefficient (Wildman–Crippen LogP) is 1.80. The smallest absolute Gasteiger partial charge is 0.0870 e. The minimum atomic E-state index is -0.448. The fourth-order valence-electron chi connectivity index (χ4n) is 1.32. The average molecular weight is 175 g/mol. The van der Waals surface area contributed by atoms with Crippen LogP contribution in [0.2, 0.25) is 0 Å². The Morgan fingerprint density at radius 3 is 1.75 bits per heavy atom. The quantitative estimate of drug-likeness (QED) is 0.640. The lowest BCUT2D eigenvalue weighted by Gasteiger charge is -2.45. The van der Waals surface area contributed by atoms with Gasteiger partial charge in [0.15, 0.2) is 0 Å². The Hall–Kier alpha value is -0.120. The molecule has 0 aromatic heterocycles. The third kappa shape index (κ3) is 1.79. The molecule has 0 radical (unpaired) electrons. The molecule has 3 nitrogen and oxygen atoms in total. The lowest BCUT2D eigenvalue weighted by molar-refractivity contribution is -0.127. The van der Waals surface area contributed by atoms with Crippen LogP contribution in [-0.4, -0.2) is 23.5 Å². The van der Waals surface area contributed by atoms with Crippen molar-refractivity contribution in [2.45, 2.75) is 45.8 Å². The molecular formula is C9H21NO2. The third-order valence-corrected chi connectivity index (χ3v) is 3.05. The maximum Gasteiger partial charge on any atom is 0.0870 e. The summed E-state index contributed by atoms with van der Waals surface area (Å²) in [7, 11) is 1.67. The summed E-state index contributed by atoms with van der Waals surface area (Å²) in [4.78, 5) is 0. The number of hydrogen-bond donors (Lipinski definition) is 2. The molecule has 0 spiro atoms. The predicted molar refractivity (Wildman–Crippen MR) is 49.3 cm³/mol. The summed E-state index contributed by atoms with van der Waals surface area (Å²) in [5, 5.41) is 8.98. The molecular weight excluding hydrogens is 154 g/mol. The molecule has 0 aromatic carbocycles. The zero-order valence-corrected chi connectivity index (χ0v) is 8.93. The van der Waals surface area contributed by atoms with Crippen LogP contribution in [0.5, 0.6) is 0 Å². The molecule has 2 N–H and O–H groups in total. The van der Waals surface area contributed by atoms with E-state index in [-0.39, 0.29) is 5.60 Å². The van der Waals surface area contributed by atoms with Gasteiger partial charge in [-0.25, -0.2) is 0 Å². The van der Waals surface area contributed by atoms with Crippen molar-refractivity contribution >= 4 is 0 Å². The fraction of sp³-hybridized carbons (Fsp3) is 1.00. The van der Waals surface area contributed by atoms with E-state index < -0.39 is 5.54 Å². The van der Waals surface area contributed by atoms with Gasteiger partial charge in [-0.05, 0) is 26.7 Å². The normalized spacial score (nSPS) is 18.0. The monoisotopic (exact) mass is 175 g/mol. The van der Waals surface area contributed by atoms with Crippen molar-refractivity contribution in [1.82, 2.24) is 5.48 Å². The van der Waals surface area contributed by atoms with Crippen molar-refractivity contribution in [3.05, 3.63) is 0 Å². The van der Waals surface area contributed by atoms with Crippen LogP contribution in [0.15, 0.2) is 0 Å². The molecule has 0 amide bonds. The van der Waals surface area contributed by atoms with Crippen LogP contribution in [0.3, 0.4) is 0 Å². The van der Waals surface area contributed by atoms with Crippen LogP contribution < -0.4 is 5.48 Å². The molecule has 3 heteroatoms. The van der Waals surface area contributed by atoms with E-state index >= 15 is 0 Å². The summed E-state index contributed by atoms with van der Waals surface area (Å²) in [6, 6.07) is 0. The van der Waals surface area contributed by atoms with Gasteiger partial charge in [-0.2, -0.15) is 5.48 Å². The maximum absolute atomic E-state index is 8.98. The first-order valence-electron chi connectivity index (χ1n) is 4.28. The Morgan fingerprint density at radius 2 is 1.67 bits per heavy atom. The second kappa shape index (κ2) is 3.73. The van der Waals surface area contributed by atoms with Crippen LogP contribution >= 0.6 is 0 Å². The molecule has 0 fully saturated rings. The molecule has 0 aliphatic rings. The van der Waals surface area contributed by atoms with E-state index in [1.165, 1.54) is 0 Å². The summed E-state index contributed by atoms with van der Waals surface area (Å²) in [5.74, 6) is 0.331. The van der Waals surface area contributed by atoms with Gasteiger partial charge < -0.3 is 9.94 Å². The van der Waals surface area contributed by atoms with Crippen LogP contribution in [-0.2, 0) is 4.74 Å². The molecule has 1 atom stereocenters. The highest BCUT2D eigenvalue weighted by atomic mass is 16.5.